The van der Waals surface area contributed by atoms with Gasteiger partial charge < -0.3 is 0 Å². The van der Waals surface area contributed by atoms with Gasteiger partial charge in [0.25, 0.3) is 0 Å². The molecule has 27 heavy (non-hydrogen) atoms. The molecule has 0 fully saturated rings. The Bertz CT molecular complexity index is 1210. The smallest absolute Gasteiger partial charge is 0.166 e. The highest BCUT2D eigenvalue weighted by Gasteiger charge is 2.34. The average Bonchev–Trinajstić information content (AvgIpc) is 2.88. The van der Waals surface area contributed by atoms with Crippen LogP contribution in [0, 0.1) is 0 Å². The lowest BCUT2D eigenvalue weighted by Gasteiger charge is -2.22. The molecule has 0 amide bonds. The molecule has 0 saturated heterocycles. The van der Waals surface area contributed by atoms with E-state index in [2.05, 4.69) is 56.3 Å². The Balaban J connectivity index is 1.75. The van der Waals surface area contributed by atoms with Gasteiger partial charge in [0.2, 0.25) is 0 Å². The van der Waals surface area contributed by atoms with Crippen molar-refractivity contribution in [3.8, 4) is 11.1 Å². The summed E-state index contributed by atoms with van der Waals surface area (Å²) in [4.78, 5) is 0. The van der Waals surface area contributed by atoms with E-state index in [-0.39, 0.29) is 5.41 Å². The van der Waals surface area contributed by atoms with E-state index in [4.69, 9.17) is 0 Å². The minimum atomic E-state index is -4.31. The van der Waals surface area contributed by atoms with Crippen molar-refractivity contribution in [1.82, 2.24) is 0 Å². The lowest BCUT2D eigenvalue weighted by molar-refractivity contribution is -0.137. The first-order valence-corrected chi connectivity index (χ1v) is 8.95. The number of hydrogen-bond acceptors (Lipinski definition) is 0. The molecule has 0 nitrogen and oxygen atoms in total. The third kappa shape index (κ3) is 2.24. The lowest BCUT2D eigenvalue weighted by atomic mass is 9.81. The second kappa shape index (κ2) is 5.13. The first-order valence-electron chi connectivity index (χ1n) is 8.95. The predicted octanol–water partition coefficient (Wildman–Crippen LogP) is 7.32. The van der Waals surface area contributed by atoms with Crippen LogP contribution in [0.25, 0.3) is 32.7 Å². The van der Waals surface area contributed by atoms with Gasteiger partial charge in [-0.15, -0.1) is 0 Å². The Labute approximate surface area is 155 Å². The third-order valence-electron chi connectivity index (χ3n) is 5.85. The van der Waals surface area contributed by atoms with Gasteiger partial charge in [-0.2, -0.15) is 13.2 Å². The summed E-state index contributed by atoms with van der Waals surface area (Å²) in [6.07, 6.45) is -4.31. The summed E-state index contributed by atoms with van der Waals surface area (Å²) in [6.45, 7) is 4.43. The fraction of sp³-hybridized carbons (Fsp3) is 0.167. The normalized spacial score (nSPS) is 15.1. The van der Waals surface area contributed by atoms with Crippen LogP contribution in [-0.2, 0) is 11.6 Å². The van der Waals surface area contributed by atoms with Crippen LogP contribution in [-0.4, -0.2) is 0 Å². The fourth-order valence-electron chi connectivity index (χ4n) is 4.42. The maximum Gasteiger partial charge on any atom is 0.416 e. The van der Waals surface area contributed by atoms with Gasteiger partial charge in [-0.1, -0.05) is 56.3 Å². The quantitative estimate of drug-likeness (QED) is 0.311. The molecule has 0 aromatic heterocycles. The monoisotopic (exact) mass is 362 g/mol. The molecule has 0 radical (unpaired) electrons. The molecule has 1 aliphatic carbocycles. The molecular weight excluding hydrogens is 345 g/mol. The fourth-order valence-corrected chi connectivity index (χ4v) is 4.42. The Morgan fingerprint density at radius 2 is 1.33 bits per heavy atom. The molecule has 0 aliphatic heterocycles. The summed E-state index contributed by atoms with van der Waals surface area (Å²) in [7, 11) is 0. The first-order chi connectivity index (χ1) is 12.8. The second-order valence-corrected chi connectivity index (χ2v) is 7.79. The molecule has 0 spiro atoms. The van der Waals surface area contributed by atoms with E-state index in [1.54, 1.807) is 12.1 Å². The van der Waals surface area contributed by atoms with Gasteiger partial charge in [0.05, 0.1) is 5.56 Å². The van der Waals surface area contributed by atoms with Crippen molar-refractivity contribution in [2.45, 2.75) is 25.4 Å². The summed E-state index contributed by atoms with van der Waals surface area (Å²) >= 11 is 0. The molecule has 0 heterocycles. The molecule has 0 atom stereocenters. The van der Waals surface area contributed by atoms with E-state index in [1.165, 1.54) is 27.3 Å². The second-order valence-electron chi connectivity index (χ2n) is 7.79. The Kier molecular flexibility index (Phi) is 3.11. The maximum absolute atomic E-state index is 12.9. The van der Waals surface area contributed by atoms with Crippen molar-refractivity contribution in [2.24, 2.45) is 0 Å². The van der Waals surface area contributed by atoms with Gasteiger partial charge in [-0.05, 0) is 68.1 Å². The van der Waals surface area contributed by atoms with Crippen molar-refractivity contribution < 1.29 is 13.2 Å². The minimum absolute atomic E-state index is 0.136. The van der Waals surface area contributed by atoms with Gasteiger partial charge in [0.1, 0.15) is 0 Å². The van der Waals surface area contributed by atoms with E-state index in [0.717, 1.165) is 28.6 Å². The van der Waals surface area contributed by atoms with Gasteiger partial charge in [-0.3, -0.25) is 0 Å². The van der Waals surface area contributed by atoms with E-state index >= 15 is 0 Å². The number of rotatable bonds is 1. The molecular formula is C24H17F3. The van der Waals surface area contributed by atoms with Crippen molar-refractivity contribution in [3.63, 3.8) is 0 Å². The highest BCUT2D eigenvalue weighted by Crippen LogP contribution is 2.49. The van der Waals surface area contributed by atoms with Gasteiger partial charge in [0, 0.05) is 5.41 Å². The SMILES string of the molecule is CC1(C)c2cccc3ccc4cc(-c5ccc(C(F)(F)F)cc5)cc1c4c23. The van der Waals surface area contributed by atoms with Crippen LogP contribution in [0.3, 0.4) is 0 Å². The van der Waals surface area contributed by atoms with E-state index < -0.39 is 11.7 Å². The number of benzene rings is 4. The van der Waals surface area contributed by atoms with Crippen LogP contribution in [0.4, 0.5) is 13.2 Å². The zero-order valence-corrected chi connectivity index (χ0v) is 15.0. The highest BCUT2D eigenvalue weighted by molar-refractivity contribution is 6.15. The van der Waals surface area contributed by atoms with Crippen LogP contribution in [0.2, 0.25) is 0 Å². The first kappa shape index (κ1) is 16.4. The van der Waals surface area contributed by atoms with Crippen LogP contribution < -0.4 is 0 Å². The molecule has 5 rings (SSSR count). The number of alkyl halides is 3. The lowest BCUT2D eigenvalue weighted by Crippen LogP contribution is -2.15. The highest BCUT2D eigenvalue weighted by atomic mass is 19.4. The van der Waals surface area contributed by atoms with Crippen LogP contribution in [0.15, 0.2) is 66.7 Å². The summed E-state index contributed by atoms with van der Waals surface area (Å²) in [5.41, 5.74) is 3.54. The summed E-state index contributed by atoms with van der Waals surface area (Å²) in [5, 5.41) is 4.93. The zero-order chi connectivity index (χ0) is 19.0. The van der Waals surface area contributed by atoms with Gasteiger partial charge in [-0.25, -0.2) is 0 Å². The van der Waals surface area contributed by atoms with Crippen molar-refractivity contribution in [1.29, 1.82) is 0 Å². The third-order valence-corrected chi connectivity index (χ3v) is 5.85. The molecule has 1 aliphatic rings. The largest absolute Gasteiger partial charge is 0.416 e. The molecule has 0 N–H and O–H groups in total. The summed E-state index contributed by atoms with van der Waals surface area (Å²) in [5.74, 6) is 0. The van der Waals surface area contributed by atoms with E-state index in [9.17, 15) is 13.2 Å². The van der Waals surface area contributed by atoms with Gasteiger partial charge in [0.15, 0.2) is 0 Å². The molecule has 4 aromatic rings. The van der Waals surface area contributed by atoms with Gasteiger partial charge >= 0.3 is 6.18 Å². The number of hydrogen-bond donors (Lipinski definition) is 0. The average molecular weight is 362 g/mol. The molecule has 134 valence electrons. The van der Waals surface area contributed by atoms with Crippen LogP contribution in [0.1, 0.15) is 30.5 Å². The molecule has 0 bridgehead atoms. The van der Waals surface area contributed by atoms with Crippen LogP contribution >= 0.6 is 0 Å². The topological polar surface area (TPSA) is 0 Å². The molecule has 0 saturated carbocycles. The minimum Gasteiger partial charge on any atom is -0.166 e. The number of halogens is 3. The molecule has 4 aromatic carbocycles. The molecule has 0 unspecified atom stereocenters. The molecule has 3 heteroatoms. The zero-order valence-electron chi connectivity index (χ0n) is 15.0. The Hall–Kier alpha value is -2.81. The Morgan fingerprint density at radius 1 is 0.667 bits per heavy atom. The van der Waals surface area contributed by atoms with Crippen molar-refractivity contribution >= 4 is 21.5 Å². The predicted molar refractivity (Wildman–Crippen MR) is 104 cm³/mol. The van der Waals surface area contributed by atoms with Crippen molar-refractivity contribution in [3.05, 3.63) is 83.4 Å². The Morgan fingerprint density at radius 3 is 2.04 bits per heavy atom. The van der Waals surface area contributed by atoms with Crippen LogP contribution in [0.5, 0.6) is 0 Å². The maximum atomic E-state index is 12.9. The summed E-state index contributed by atoms with van der Waals surface area (Å²) < 4.78 is 38.6. The van der Waals surface area contributed by atoms with E-state index in [0.29, 0.717) is 0 Å². The standard InChI is InChI=1S/C24H17F3/c1-23(2)19-5-3-4-15-6-7-16-12-17(13-20(23)22(16)21(15)19)14-8-10-18(11-9-14)24(25,26)27/h3-13H,1-2H3. The van der Waals surface area contributed by atoms with E-state index in [1.807, 2.05) is 0 Å². The summed E-state index contributed by atoms with van der Waals surface area (Å²) in [6, 6.07) is 20.3. The van der Waals surface area contributed by atoms with Crippen molar-refractivity contribution in [2.75, 3.05) is 0 Å².